The molecule has 0 aliphatic carbocycles. The van der Waals surface area contributed by atoms with Gasteiger partial charge in [-0.25, -0.2) is 4.98 Å². The molecule has 0 unspecified atom stereocenters. The summed E-state index contributed by atoms with van der Waals surface area (Å²) in [5.41, 5.74) is 0.981. The minimum Gasteiger partial charge on any atom is -0.480 e. The first kappa shape index (κ1) is 12.3. The van der Waals surface area contributed by atoms with Crippen LogP contribution in [0.15, 0.2) is 18.3 Å². The zero-order valence-corrected chi connectivity index (χ0v) is 10.1. The van der Waals surface area contributed by atoms with E-state index in [1.807, 2.05) is 6.07 Å². The van der Waals surface area contributed by atoms with Gasteiger partial charge in [-0.05, 0) is 31.5 Å². The summed E-state index contributed by atoms with van der Waals surface area (Å²) in [6.07, 6.45) is 1.62. The van der Waals surface area contributed by atoms with E-state index in [1.54, 1.807) is 26.1 Å². The van der Waals surface area contributed by atoms with Crippen molar-refractivity contribution in [1.29, 1.82) is 0 Å². The minimum absolute atomic E-state index is 0.432. The summed E-state index contributed by atoms with van der Waals surface area (Å²) < 4.78 is -0.782. The van der Waals surface area contributed by atoms with E-state index in [1.165, 1.54) is 11.8 Å². The quantitative estimate of drug-likeness (QED) is 0.829. The summed E-state index contributed by atoms with van der Waals surface area (Å²) in [5.74, 6) is -0.200. The number of hydrogen-bond acceptors (Lipinski definition) is 3. The standard InChI is InChI=1S/C10H12ClNO2S/c1-10(2,9(13)14)15-6-7-3-4-12-8(11)5-7/h3-5H,6H2,1-2H3,(H,13,14). The molecule has 0 amide bonds. The Balaban J connectivity index is 2.61. The number of carbonyl (C=O) groups is 1. The number of nitrogens with zero attached hydrogens (tertiary/aromatic N) is 1. The minimum atomic E-state index is -0.812. The van der Waals surface area contributed by atoms with E-state index >= 15 is 0 Å². The van der Waals surface area contributed by atoms with Crippen LogP contribution in [-0.4, -0.2) is 20.8 Å². The van der Waals surface area contributed by atoms with Crippen molar-refractivity contribution in [1.82, 2.24) is 4.98 Å². The van der Waals surface area contributed by atoms with E-state index in [0.717, 1.165) is 5.56 Å². The third-order valence-electron chi connectivity index (χ3n) is 1.91. The topological polar surface area (TPSA) is 50.2 Å². The first-order valence-electron chi connectivity index (χ1n) is 4.39. The Labute approximate surface area is 97.9 Å². The van der Waals surface area contributed by atoms with Crippen molar-refractivity contribution in [3.05, 3.63) is 29.0 Å². The monoisotopic (exact) mass is 245 g/mol. The van der Waals surface area contributed by atoms with E-state index in [2.05, 4.69) is 4.98 Å². The molecule has 0 aromatic carbocycles. The Morgan fingerprint density at radius 1 is 1.67 bits per heavy atom. The van der Waals surface area contributed by atoms with Crippen LogP contribution in [0.1, 0.15) is 19.4 Å². The van der Waals surface area contributed by atoms with Crippen LogP contribution >= 0.6 is 23.4 Å². The molecule has 82 valence electrons. The van der Waals surface area contributed by atoms with Crippen molar-refractivity contribution in [2.24, 2.45) is 0 Å². The molecule has 1 aromatic heterocycles. The number of pyridine rings is 1. The molecule has 1 heterocycles. The lowest BCUT2D eigenvalue weighted by Gasteiger charge is -2.18. The molecule has 0 saturated carbocycles. The highest BCUT2D eigenvalue weighted by molar-refractivity contribution is 8.00. The van der Waals surface area contributed by atoms with Crippen molar-refractivity contribution >= 4 is 29.3 Å². The molecular formula is C10H12ClNO2S. The number of aliphatic carboxylic acids is 1. The first-order valence-corrected chi connectivity index (χ1v) is 5.76. The van der Waals surface area contributed by atoms with Gasteiger partial charge in [0.25, 0.3) is 0 Å². The molecule has 3 nitrogen and oxygen atoms in total. The summed E-state index contributed by atoms with van der Waals surface area (Å²) in [7, 11) is 0. The zero-order chi connectivity index (χ0) is 11.5. The van der Waals surface area contributed by atoms with Gasteiger partial charge in [0.1, 0.15) is 9.90 Å². The summed E-state index contributed by atoms with van der Waals surface area (Å²) in [5, 5.41) is 9.35. The number of halogens is 1. The second kappa shape index (κ2) is 4.86. The van der Waals surface area contributed by atoms with Crippen LogP contribution in [-0.2, 0) is 10.5 Å². The predicted molar refractivity (Wildman–Crippen MR) is 62.3 cm³/mol. The van der Waals surface area contributed by atoms with Gasteiger partial charge in [-0.1, -0.05) is 11.6 Å². The molecule has 0 bridgehead atoms. The third kappa shape index (κ3) is 3.72. The Morgan fingerprint density at radius 2 is 2.33 bits per heavy atom. The normalized spacial score (nSPS) is 11.4. The average Bonchev–Trinajstić information content (AvgIpc) is 2.15. The van der Waals surface area contributed by atoms with Crippen LogP contribution in [0.5, 0.6) is 0 Å². The fourth-order valence-electron chi connectivity index (χ4n) is 0.858. The molecule has 0 saturated heterocycles. The number of carboxylic acids is 1. The Hall–Kier alpha value is -0.740. The highest BCUT2D eigenvalue weighted by atomic mass is 35.5. The highest BCUT2D eigenvalue weighted by Crippen LogP contribution is 2.28. The summed E-state index contributed by atoms with van der Waals surface area (Å²) in [6.45, 7) is 3.37. The molecule has 0 spiro atoms. The molecule has 15 heavy (non-hydrogen) atoms. The lowest BCUT2D eigenvalue weighted by atomic mass is 10.2. The fraction of sp³-hybridized carbons (Fsp3) is 0.400. The van der Waals surface area contributed by atoms with E-state index in [0.29, 0.717) is 10.9 Å². The lowest BCUT2D eigenvalue weighted by Crippen LogP contribution is -2.27. The van der Waals surface area contributed by atoms with Gasteiger partial charge >= 0.3 is 5.97 Å². The Kier molecular flexibility index (Phi) is 3.99. The summed E-state index contributed by atoms with van der Waals surface area (Å²) >= 11 is 7.08. The predicted octanol–water partition coefficient (Wildman–Crippen LogP) is 2.83. The molecule has 0 radical (unpaired) electrons. The second-order valence-electron chi connectivity index (χ2n) is 3.59. The van der Waals surface area contributed by atoms with Crippen LogP contribution in [0.3, 0.4) is 0 Å². The summed E-state index contributed by atoms with van der Waals surface area (Å²) in [6, 6.07) is 3.57. The fourth-order valence-corrected chi connectivity index (χ4v) is 1.88. The highest BCUT2D eigenvalue weighted by Gasteiger charge is 2.27. The van der Waals surface area contributed by atoms with Crippen molar-refractivity contribution < 1.29 is 9.90 Å². The first-order chi connectivity index (χ1) is 6.92. The average molecular weight is 246 g/mol. The van der Waals surface area contributed by atoms with Crippen molar-refractivity contribution in [3.8, 4) is 0 Å². The van der Waals surface area contributed by atoms with Crippen LogP contribution in [0.2, 0.25) is 5.15 Å². The van der Waals surface area contributed by atoms with Crippen LogP contribution < -0.4 is 0 Å². The van der Waals surface area contributed by atoms with E-state index in [9.17, 15) is 4.79 Å². The van der Waals surface area contributed by atoms with Crippen molar-refractivity contribution in [2.75, 3.05) is 0 Å². The van der Waals surface area contributed by atoms with Gasteiger partial charge in [0.2, 0.25) is 0 Å². The zero-order valence-electron chi connectivity index (χ0n) is 8.53. The number of hydrogen-bond donors (Lipinski definition) is 1. The third-order valence-corrected chi connectivity index (χ3v) is 3.49. The largest absolute Gasteiger partial charge is 0.480 e. The van der Waals surface area contributed by atoms with Gasteiger partial charge in [-0.3, -0.25) is 4.79 Å². The molecule has 1 aromatic rings. The SMILES string of the molecule is CC(C)(SCc1ccnc(Cl)c1)C(=O)O. The van der Waals surface area contributed by atoms with Gasteiger partial charge < -0.3 is 5.11 Å². The lowest BCUT2D eigenvalue weighted by molar-refractivity contribution is -0.138. The smallest absolute Gasteiger partial charge is 0.319 e. The van der Waals surface area contributed by atoms with Crippen molar-refractivity contribution in [2.45, 2.75) is 24.3 Å². The van der Waals surface area contributed by atoms with Gasteiger partial charge in [0, 0.05) is 11.9 Å². The van der Waals surface area contributed by atoms with E-state index in [-0.39, 0.29) is 0 Å². The maximum absolute atomic E-state index is 10.8. The van der Waals surface area contributed by atoms with Gasteiger partial charge in [-0.2, -0.15) is 0 Å². The van der Waals surface area contributed by atoms with Crippen LogP contribution in [0.25, 0.3) is 0 Å². The molecule has 1 rings (SSSR count). The molecule has 0 fully saturated rings. The molecule has 0 aliphatic rings. The number of carboxylic acid groups (broad SMARTS) is 1. The second-order valence-corrected chi connectivity index (χ2v) is 5.58. The number of thioether (sulfide) groups is 1. The van der Waals surface area contributed by atoms with Gasteiger partial charge in [0.15, 0.2) is 0 Å². The number of rotatable bonds is 4. The Morgan fingerprint density at radius 3 is 2.87 bits per heavy atom. The van der Waals surface area contributed by atoms with Crippen molar-refractivity contribution in [3.63, 3.8) is 0 Å². The Bertz CT molecular complexity index is 368. The number of aromatic nitrogens is 1. The molecular weight excluding hydrogens is 234 g/mol. The van der Waals surface area contributed by atoms with E-state index < -0.39 is 10.7 Å². The molecule has 0 aliphatic heterocycles. The van der Waals surface area contributed by atoms with Crippen LogP contribution in [0.4, 0.5) is 0 Å². The van der Waals surface area contributed by atoms with Crippen LogP contribution in [0, 0.1) is 0 Å². The maximum atomic E-state index is 10.8. The maximum Gasteiger partial charge on any atom is 0.319 e. The summed E-state index contributed by atoms with van der Waals surface area (Å²) in [4.78, 5) is 14.7. The molecule has 0 atom stereocenters. The molecule has 5 heteroatoms. The molecule has 1 N–H and O–H groups in total. The van der Waals surface area contributed by atoms with Gasteiger partial charge in [-0.15, -0.1) is 11.8 Å². The van der Waals surface area contributed by atoms with E-state index in [4.69, 9.17) is 16.7 Å². The van der Waals surface area contributed by atoms with Gasteiger partial charge in [0.05, 0.1) is 0 Å².